The summed E-state index contributed by atoms with van der Waals surface area (Å²) in [6, 6.07) is 5.50. The molecule has 3 rings (SSSR count). The predicted octanol–water partition coefficient (Wildman–Crippen LogP) is 1.08. The van der Waals surface area contributed by atoms with Gasteiger partial charge in [0.1, 0.15) is 0 Å². The quantitative estimate of drug-likeness (QED) is 0.869. The molecule has 0 saturated carbocycles. The van der Waals surface area contributed by atoms with E-state index in [0.29, 0.717) is 25.5 Å². The minimum Gasteiger partial charge on any atom is -0.352 e. The van der Waals surface area contributed by atoms with Gasteiger partial charge < -0.3 is 15.5 Å². The molecule has 0 spiro atoms. The second-order valence-corrected chi connectivity index (χ2v) is 6.12. The van der Waals surface area contributed by atoms with Crippen molar-refractivity contribution in [2.75, 3.05) is 13.1 Å². The number of carbonyl (C=O) groups is 2. The fourth-order valence-corrected chi connectivity index (χ4v) is 2.96. The third-order valence-corrected chi connectivity index (χ3v) is 4.11. The number of aromatic nitrogens is 3. The van der Waals surface area contributed by atoms with Crippen molar-refractivity contribution in [2.24, 2.45) is 0 Å². The fraction of sp³-hybridized carbons (Fsp3) is 0.412. The first-order valence-corrected chi connectivity index (χ1v) is 8.36. The van der Waals surface area contributed by atoms with Crippen molar-refractivity contribution in [1.29, 1.82) is 0 Å². The number of urea groups is 1. The Hall–Kier alpha value is -2.90. The molecule has 0 radical (unpaired) electrons. The van der Waals surface area contributed by atoms with Gasteiger partial charge in [0.25, 0.3) is 0 Å². The van der Waals surface area contributed by atoms with Crippen LogP contribution in [-0.4, -0.2) is 50.7 Å². The van der Waals surface area contributed by atoms with Gasteiger partial charge in [-0.2, -0.15) is 5.10 Å². The highest BCUT2D eigenvalue weighted by molar-refractivity contribution is 5.75. The maximum Gasteiger partial charge on any atom is 0.317 e. The molecule has 8 nitrogen and oxygen atoms in total. The number of piperidine rings is 1. The van der Waals surface area contributed by atoms with Gasteiger partial charge in [-0.15, -0.1) is 0 Å². The van der Waals surface area contributed by atoms with Crippen molar-refractivity contribution < 1.29 is 9.59 Å². The molecule has 2 N–H and O–H groups in total. The van der Waals surface area contributed by atoms with E-state index in [4.69, 9.17) is 0 Å². The summed E-state index contributed by atoms with van der Waals surface area (Å²) in [5.74, 6) is 0.649. The van der Waals surface area contributed by atoms with E-state index in [1.54, 1.807) is 22.0 Å². The molecule has 1 saturated heterocycles. The van der Waals surface area contributed by atoms with Crippen LogP contribution in [0.15, 0.2) is 36.8 Å². The Kier molecular flexibility index (Phi) is 5.27. The molecular weight excluding hydrogens is 320 g/mol. The molecule has 3 heterocycles. The molecule has 2 aromatic rings. The number of rotatable bonds is 4. The third-order valence-electron chi connectivity index (χ3n) is 4.11. The van der Waals surface area contributed by atoms with Crippen LogP contribution in [0, 0.1) is 0 Å². The topological polar surface area (TPSA) is 92.2 Å². The Labute approximate surface area is 146 Å². The van der Waals surface area contributed by atoms with Crippen molar-refractivity contribution in [3.05, 3.63) is 42.4 Å². The van der Waals surface area contributed by atoms with Gasteiger partial charge >= 0.3 is 6.03 Å². The van der Waals surface area contributed by atoms with Crippen LogP contribution in [-0.2, 0) is 11.3 Å². The average Bonchev–Trinajstić information content (AvgIpc) is 3.14. The van der Waals surface area contributed by atoms with Gasteiger partial charge in [0.05, 0.1) is 0 Å². The van der Waals surface area contributed by atoms with E-state index < -0.39 is 0 Å². The van der Waals surface area contributed by atoms with E-state index >= 15 is 0 Å². The lowest BCUT2D eigenvalue weighted by atomic mass is 10.1. The van der Waals surface area contributed by atoms with Crippen LogP contribution >= 0.6 is 0 Å². The number of carbonyl (C=O) groups excluding carboxylic acids is 2. The van der Waals surface area contributed by atoms with Gasteiger partial charge in [0, 0.05) is 51.2 Å². The van der Waals surface area contributed by atoms with Crippen LogP contribution in [0.3, 0.4) is 0 Å². The molecular formula is C17H22N6O2. The Morgan fingerprint density at radius 2 is 2.24 bits per heavy atom. The Balaban J connectivity index is 1.55. The van der Waals surface area contributed by atoms with Crippen molar-refractivity contribution in [3.63, 3.8) is 0 Å². The number of nitrogens with zero attached hydrogens (tertiary/aromatic N) is 4. The van der Waals surface area contributed by atoms with Crippen molar-refractivity contribution in [1.82, 2.24) is 30.3 Å². The fourth-order valence-electron chi connectivity index (χ4n) is 2.96. The summed E-state index contributed by atoms with van der Waals surface area (Å²) in [5.41, 5.74) is 0.948. The Morgan fingerprint density at radius 3 is 3.00 bits per heavy atom. The minimum absolute atomic E-state index is 0.0318. The summed E-state index contributed by atoms with van der Waals surface area (Å²) >= 11 is 0. The standard InChI is InChI=1S/C17H22N6O2/c1-13(24)21-15-4-2-8-22(12-15)17(25)19-11-14-5-7-18-16(10-14)23-9-3-6-20-23/h3,5-7,9-10,15H,2,4,8,11-12H2,1H3,(H,19,25)(H,21,24). The number of likely N-dealkylation sites (tertiary alicyclic amines) is 1. The molecule has 1 fully saturated rings. The highest BCUT2D eigenvalue weighted by Gasteiger charge is 2.23. The van der Waals surface area contributed by atoms with Crippen LogP contribution < -0.4 is 10.6 Å². The lowest BCUT2D eigenvalue weighted by molar-refractivity contribution is -0.119. The van der Waals surface area contributed by atoms with Gasteiger partial charge in [-0.25, -0.2) is 14.5 Å². The zero-order valence-electron chi connectivity index (χ0n) is 14.2. The largest absolute Gasteiger partial charge is 0.352 e. The minimum atomic E-state index is -0.118. The van der Waals surface area contributed by atoms with E-state index in [-0.39, 0.29) is 18.0 Å². The molecule has 25 heavy (non-hydrogen) atoms. The highest BCUT2D eigenvalue weighted by atomic mass is 16.2. The van der Waals surface area contributed by atoms with E-state index in [0.717, 1.165) is 18.4 Å². The van der Waals surface area contributed by atoms with Crippen LogP contribution in [0.2, 0.25) is 0 Å². The highest BCUT2D eigenvalue weighted by Crippen LogP contribution is 2.11. The van der Waals surface area contributed by atoms with E-state index in [2.05, 4.69) is 20.7 Å². The second kappa shape index (κ2) is 7.78. The Bertz CT molecular complexity index is 730. The lowest BCUT2D eigenvalue weighted by Gasteiger charge is -2.33. The summed E-state index contributed by atoms with van der Waals surface area (Å²) in [4.78, 5) is 29.6. The first kappa shape index (κ1) is 16.9. The number of hydrogen-bond donors (Lipinski definition) is 2. The first-order chi connectivity index (χ1) is 12.1. The van der Waals surface area contributed by atoms with Gasteiger partial charge in [-0.05, 0) is 36.6 Å². The van der Waals surface area contributed by atoms with Gasteiger partial charge in [-0.1, -0.05) is 0 Å². The molecule has 8 heteroatoms. The number of pyridine rings is 1. The summed E-state index contributed by atoms with van der Waals surface area (Å²) in [6.45, 7) is 3.16. The van der Waals surface area contributed by atoms with Crippen molar-refractivity contribution >= 4 is 11.9 Å². The van der Waals surface area contributed by atoms with Crippen molar-refractivity contribution in [3.8, 4) is 5.82 Å². The van der Waals surface area contributed by atoms with Crippen LogP contribution in [0.25, 0.3) is 5.82 Å². The molecule has 1 unspecified atom stereocenters. The molecule has 0 aromatic carbocycles. The molecule has 3 amide bonds. The van der Waals surface area contributed by atoms with Gasteiger partial charge in [0.2, 0.25) is 5.91 Å². The predicted molar refractivity (Wildman–Crippen MR) is 92.0 cm³/mol. The zero-order chi connectivity index (χ0) is 17.6. The summed E-state index contributed by atoms with van der Waals surface area (Å²) < 4.78 is 1.67. The smallest absolute Gasteiger partial charge is 0.317 e. The SMILES string of the molecule is CC(=O)NC1CCCN(C(=O)NCc2ccnc(-n3cccn3)c2)C1. The number of nitrogens with one attached hydrogen (secondary N) is 2. The first-order valence-electron chi connectivity index (χ1n) is 8.36. The molecule has 0 bridgehead atoms. The van der Waals surface area contributed by atoms with Gasteiger partial charge in [0.15, 0.2) is 5.82 Å². The molecule has 0 aliphatic carbocycles. The number of amides is 3. The van der Waals surface area contributed by atoms with Crippen molar-refractivity contribution in [2.45, 2.75) is 32.4 Å². The maximum absolute atomic E-state index is 12.4. The molecule has 132 valence electrons. The normalized spacial score (nSPS) is 17.2. The molecule has 1 aliphatic heterocycles. The molecule has 1 atom stereocenters. The molecule has 1 aliphatic rings. The van der Waals surface area contributed by atoms with E-state index in [1.807, 2.05) is 24.4 Å². The van der Waals surface area contributed by atoms with E-state index in [1.165, 1.54) is 6.92 Å². The van der Waals surface area contributed by atoms with Crippen LogP contribution in [0.1, 0.15) is 25.3 Å². The second-order valence-electron chi connectivity index (χ2n) is 6.12. The summed E-state index contributed by atoms with van der Waals surface area (Å²) in [5, 5.41) is 9.97. The summed E-state index contributed by atoms with van der Waals surface area (Å²) in [7, 11) is 0. The van der Waals surface area contributed by atoms with Crippen LogP contribution in [0.5, 0.6) is 0 Å². The average molecular weight is 342 g/mol. The maximum atomic E-state index is 12.4. The molecule has 2 aromatic heterocycles. The third kappa shape index (κ3) is 4.56. The van der Waals surface area contributed by atoms with Crippen LogP contribution in [0.4, 0.5) is 4.79 Å². The van der Waals surface area contributed by atoms with E-state index in [9.17, 15) is 9.59 Å². The summed E-state index contributed by atoms with van der Waals surface area (Å²) in [6.07, 6.45) is 7.00. The number of hydrogen-bond acceptors (Lipinski definition) is 4. The van der Waals surface area contributed by atoms with Gasteiger partial charge in [-0.3, -0.25) is 4.79 Å². The monoisotopic (exact) mass is 342 g/mol. The Morgan fingerprint density at radius 1 is 1.36 bits per heavy atom. The zero-order valence-corrected chi connectivity index (χ0v) is 14.2. The lowest BCUT2D eigenvalue weighted by Crippen LogP contribution is -2.51.